The predicted molar refractivity (Wildman–Crippen MR) is 67.1 cm³/mol. The maximum Gasteiger partial charge on any atom is 0.410 e. The highest BCUT2D eigenvalue weighted by molar-refractivity contribution is 5.71. The molecule has 0 N–H and O–H groups in total. The van der Waals surface area contributed by atoms with Gasteiger partial charge in [0.15, 0.2) is 0 Å². The molecule has 0 aromatic rings. The van der Waals surface area contributed by atoms with Crippen LogP contribution in [-0.4, -0.2) is 42.3 Å². The van der Waals surface area contributed by atoms with Gasteiger partial charge in [-0.2, -0.15) is 0 Å². The molecular weight excluding hydrogens is 234 g/mol. The molecule has 1 rings (SSSR count). The van der Waals surface area contributed by atoms with Gasteiger partial charge in [-0.15, -0.1) is 0 Å². The topological polar surface area (TPSA) is 55.8 Å². The first-order chi connectivity index (χ1) is 8.23. The molecule has 1 aliphatic heterocycles. The Morgan fingerprint density at radius 2 is 1.94 bits per heavy atom. The number of hydrogen-bond donors (Lipinski definition) is 0. The number of amides is 1. The van der Waals surface area contributed by atoms with Gasteiger partial charge in [-0.05, 0) is 40.0 Å². The molecule has 0 unspecified atom stereocenters. The monoisotopic (exact) mass is 257 g/mol. The van der Waals surface area contributed by atoms with Gasteiger partial charge in [-0.1, -0.05) is 0 Å². The number of likely N-dealkylation sites (tertiary alicyclic amines) is 1. The minimum atomic E-state index is -0.489. The number of rotatable bonds is 2. The zero-order valence-corrected chi connectivity index (χ0v) is 11.9. The number of carbonyl (C=O) groups excluding carboxylic acids is 2. The summed E-state index contributed by atoms with van der Waals surface area (Å²) >= 11 is 0. The maximum atomic E-state index is 12.0. The highest BCUT2D eigenvalue weighted by Crippen LogP contribution is 2.27. The van der Waals surface area contributed by atoms with Crippen molar-refractivity contribution >= 4 is 12.1 Å². The summed E-state index contributed by atoms with van der Waals surface area (Å²) in [5.41, 5.74) is -0.489. The Hall–Kier alpha value is -1.26. The fraction of sp³-hybridized carbons (Fsp3) is 0.846. The molecule has 1 fully saturated rings. The zero-order chi connectivity index (χ0) is 13.9. The first kappa shape index (κ1) is 14.8. The molecule has 1 saturated heterocycles. The molecule has 0 radical (unpaired) electrons. The highest BCUT2D eigenvalue weighted by atomic mass is 16.6. The summed E-state index contributed by atoms with van der Waals surface area (Å²) in [5, 5.41) is 0. The summed E-state index contributed by atoms with van der Waals surface area (Å²) in [7, 11) is 1.38. The Bertz CT molecular complexity index is 321. The smallest absolute Gasteiger partial charge is 0.410 e. The van der Waals surface area contributed by atoms with Gasteiger partial charge in [-0.25, -0.2) is 4.79 Å². The average Bonchev–Trinajstić information content (AvgIpc) is 2.56. The molecule has 5 nitrogen and oxygen atoms in total. The molecule has 5 heteroatoms. The van der Waals surface area contributed by atoms with Crippen LogP contribution in [-0.2, 0) is 14.3 Å². The van der Waals surface area contributed by atoms with Crippen molar-refractivity contribution in [3.63, 3.8) is 0 Å². The number of methoxy groups -OCH3 is 1. The van der Waals surface area contributed by atoms with Crippen molar-refractivity contribution in [2.75, 3.05) is 13.7 Å². The standard InChI is InChI=1S/C13H23NO4/c1-9-6-10(7-11(15)17-5)8-14(9)12(16)18-13(2,3)4/h9-10H,6-8H2,1-5H3/t9-,10-/m1/s1. The third kappa shape index (κ3) is 4.20. The van der Waals surface area contributed by atoms with Gasteiger partial charge in [-0.3, -0.25) is 4.79 Å². The SMILES string of the molecule is COC(=O)C[C@H]1C[C@@H](C)N(C(=O)OC(C)(C)C)C1. The summed E-state index contributed by atoms with van der Waals surface area (Å²) in [5.74, 6) is -0.0572. The highest BCUT2D eigenvalue weighted by Gasteiger charge is 2.35. The van der Waals surface area contributed by atoms with Gasteiger partial charge in [0, 0.05) is 12.6 Å². The van der Waals surface area contributed by atoms with Gasteiger partial charge in [0.25, 0.3) is 0 Å². The van der Waals surface area contributed by atoms with Crippen LogP contribution in [0.15, 0.2) is 0 Å². The van der Waals surface area contributed by atoms with E-state index in [1.807, 2.05) is 27.7 Å². The molecule has 1 heterocycles. The molecule has 18 heavy (non-hydrogen) atoms. The summed E-state index contributed by atoms with van der Waals surface area (Å²) in [4.78, 5) is 24.9. The van der Waals surface area contributed by atoms with Gasteiger partial charge in [0.05, 0.1) is 13.5 Å². The molecule has 0 spiro atoms. The quantitative estimate of drug-likeness (QED) is 0.712. The van der Waals surface area contributed by atoms with Crippen molar-refractivity contribution in [3.8, 4) is 0 Å². The molecule has 104 valence electrons. The van der Waals surface area contributed by atoms with Crippen LogP contribution in [0.3, 0.4) is 0 Å². The van der Waals surface area contributed by atoms with Crippen LogP contribution in [0.4, 0.5) is 4.79 Å². The molecule has 0 bridgehead atoms. The summed E-state index contributed by atoms with van der Waals surface area (Å²) in [6, 6.07) is 0.106. The Morgan fingerprint density at radius 3 is 2.44 bits per heavy atom. The summed E-state index contributed by atoms with van der Waals surface area (Å²) < 4.78 is 9.99. The molecule has 0 aromatic heterocycles. The van der Waals surface area contributed by atoms with E-state index < -0.39 is 5.60 Å². The van der Waals surface area contributed by atoms with Crippen molar-refractivity contribution < 1.29 is 19.1 Å². The fourth-order valence-electron chi connectivity index (χ4n) is 2.18. The van der Waals surface area contributed by atoms with E-state index in [4.69, 9.17) is 4.74 Å². The molecule has 0 aromatic carbocycles. The van der Waals surface area contributed by atoms with E-state index in [1.165, 1.54) is 7.11 Å². The van der Waals surface area contributed by atoms with E-state index >= 15 is 0 Å². The van der Waals surface area contributed by atoms with E-state index in [9.17, 15) is 9.59 Å². The molecule has 0 aliphatic carbocycles. The van der Waals surface area contributed by atoms with Crippen molar-refractivity contribution in [1.29, 1.82) is 0 Å². The van der Waals surface area contributed by atoms with Crippen molar-refractivity contribution in [1.82, 2.24) is 4.90 Å². The number of ether oxygens (including phenoxy) is 2. The Morgan fingerprint density at radius 1 is 1.33 bits per heavy atom. The second-order valence-corrected chi connectivity index (χ2v) is 5.86. The van der Waals surface area contributed by atoms with Gasteiger partial charge >= 0.3 is 12.1 Å². The third-order valence-electron chi connectivity index (χ3n) is 2.97. The van der Waals surface area contributed by atoms with Crippen LogP contribution in [0.25, 0.3) is 0 Å². The Labute approximate surface area is 108 Å². The number of esters is 1. The average molecular weight is 257 g/mol. The van der Waals surface area contributed by atoms with E-state index in [-0.39, 0.29) is 24.0 Å². The second-order valence-electron chi connectivity index (χ2n) is 5.86. The maximum absolute atomic E-state index is 12.0. The van der Waals surface area contributed by atoms with Crippen LogP contribution >= 0.6 is 0 Å². The van der Waals surface area contributed by atoms with Crippen LogP contribution in [0.2, 0.25) is 0 Å². The molecule has 1 amide bonds. The van der Waals surface area contributed by atoms with E-state index in [1.54, 1.807) is 4.90 Å². The van der Waals surface area contributed by atoms with Crippen LogP contribution in [0, 0.1) is 5.92 Å². The van der Waals surface area contributed by atoms with Crippen molar-refractivity contribution in [3.05, 3.63) is 0 Å². The minimum Gasteiger partial charge on any atom is -0.469 e. The van der Waals surface area contributed by atoms with Crippen molar-refractivity contribution in [2.45, 2.75) is 52.2 Å². The summed E-state index contributed by atoms with van der Waals surface area (Å²) in [6.07, 6.45) is 0.872. The molecular formula is C13H23NO4. The zero-order valence-electron chi connectivity index (χ0n) is 11.9. The van der Waals surface area contributed by atoms with E-state index in [0.717, 1.165) is 6.42 Å². The number of carbonyl (C=O) groups is 2. The minimum absolute atomic E-state index is 0.106. The van der Waals surface area contributed by atoms with E-state index in [2.05, 4.69) is 4.74 Å². The van der Waals surface area contributed by atoms with Crippen LogP contribution in [0.1, 0.15) is 40.5 Å². The lowest BCUT2D eigenvalue weighted by molar-refractivity contribution is -0.141. The van der Waals surface area contributed by atoms with Crippen molar-refractivity contribution in [2.24, 2.45) is 5.92 Å². The third-order valence-corrected chi connectivity index (χ3v) is 2.97. The molecule has 2 atom stereocenters. The number of nitrogens with zero attached hydrogens (tertiary/aromatic N) is 1. The molecule has 1 aliphatic rings. The Kier molecular flexibility index (Phi) is 4.59. The lowest BCUT2D eigenvalue weighted by Crippen LogP contribution is -2.38. The second kappa shape index (κ2) is 5.59. The fourth-order valence-corrected chi connectivity index (χ4v) is 2.18. The summed E-state index contributed by atoms with van der Waals surface area (Å²) in [6.45, 7) is 8.07. The largest absolute Gasteiger partial charge is 0.469 e. The van der Waals surface area contributed by atoms with Crippen LogP contribution in [0.5, 0.6) is 0 Å². The van der Waals surface area contributed by atoms with Crippen LogP contribution < -0.4 is 0 Å². The Balaban J connectivity index is 2.54. The first-order valence-electron chi connectivity index (χ1n) is 6.29. The first-order valence-corrected chi connectivity index (χ1v) is 6.29. The van der Waals surface area contributed by atoms with Gasteiger partial charge in [0.2, 0.25) is 0 Å². The molecule has 0 saturated carbocycles. The van der Waals surface area contributed by atoms with E-state index in [0.29, 0.717) is 13.0 Å². The van der Waals surface area contributed by atoms with Gasteiger partial charge < -0.3 is 14.4 Å². The number of hydrogen-bond acceptors (Lipinski definition) is 4. The lowest BCUT2D eigenvalue weighted by atomic mass is 10.0. The normalized spacial score (nSPS) is 23.9. The van der Waals surface area contributed by atoms with Gasteiger partial charge in [0.1, 0.15) is 5.60 Å². The predicted octanol–water partition coefficient (Wildman–Crippen LogP) is 2.20. The lowest BCUT2D eigenvalue weighted by Gasteiger charge is -2.27.